The summed E-state index contributed by atoms with van der Waals surface area (Å²) in [5, 5.41) is 4.16. The van der Waals surface area contributed by atoms with Crippen molar-refractivity contribution in [3.05, 3.63) is 42.4 Å². The Balaban J connectivity index is 1.47. The largest absolute Gasteiger partial charge is 0.475 e. The highest BCUT2D eigenvalue weighted by Gasteiger charge is 2.31. The second kappa shape index (κ2) is 8.28. The molecule has 27 heavy (non-hydrogen) atoms. The summed E-state index contributed by atoms with van der Waals surface area (Å²) in [5.41, 5.74) is 0.808. The van der Waals surface area contributed by atoms with Gasteiger partial charge in [-0.15, -0.1) is 0 Å². The zero-order chi connectivity index (χ0) is 18.5. The Morgan fingerprint density at radius 2 is 2.26 bits per heavy atom. The van der Waals surface area contributed by atoms with Gasteiger partial charge in [0.2, 0.25) is 17.6 Å². The summed E-state index contributed by atoms with van der Waals surface area (Å²) in [6.07, 6.45) is 7.36. The van der Waals surface area contributed by atoms with Gasteiger partial charge in [0.25, 0.3) is 0 Å². The fourth-order valence-corrected chi connectivity index (χ4v) is 3.22. The van der Waals surface area contributed by atoms with Crippen LogP contribution in [-0.2, 0) is 11.3 Å². The minimum Gasteiger partial charge on any atom is -0.475 e. The van der Waals surface area contributed by atoms with Gasteiger partial charge in [-0.2, -0.15) is 4.98 Å². The number of ether oxygens (including phenoxy) is 2. The molecule has 9 nitrogen and oxygen atoms in total. The van der Waals surface area contributed by atoms with Crippen LogP contribution < -0.4 is 4.74 Å². The van der Waals surface area contributed by atoms with Crippen molar-refractivity contribution in [3.8, 4) is 17.3 Å². The third-order valence-electron chi connectivity index (χ3n) is 4.53. The van der Waals surface area contributed by atoms with Crippen LogP contribution in [0.5, 0.6) is 5.88 Å². The first-order valence-electron chi connectivity index (χ1n) is 8.97. The standard InChI is InChI=1S/C18H22N6O3/c1-25-9-10-26-16-11-13(4-5-21-16)17-22-18(27-23-17)14-3-2-8-24(14)12-15-19-6-7-20-15/h4-7,11,14H,2-3,8-10,12H2,1H3,(H,19,20). The predicted molar refractivity (Wildman–Crippen MR) is 95.9 cm³/mol. The van der Waals surface area contributed by atoms with Crippen LogP contribution >= 0.6 is 0 Å². The molecule has 0 aliphatic carbocycles. The third kappa shape index (κ3) is 4.15. The Labute approximate surface area is 156 Å². The Bertz CT molecular complexity index is 850. The monoisotopic (exact) mass is 370 g/mol. The first-order chi connectivity index (χ1) is 13.3. The molecule has 0 radical (unpaired) electrons. The molecular formula is C18H22N6O3. The predicted octanol–water partition coefficient (Wildman–Crippen LogP) is 2.22. The molecular weight excluding hydrogens is 348 g/mol. The minimum absolute atomic E-state index is 0.107. The number of nitrogens with zero attached hydrogens (tertiary/aromatic N) is 5. The third-order valence-corrected chi connectivity index (χ3v) is 4.53. The van der Waals surface area contributed by atoms with Gasteiger partial charge >= 0.3 is 0 Å². The number of pyridine rings is 1. The number of likely N-dealkylation sites (tertiary alicyclic amines) is 1. The molecule has 3 aromatic rings. The number of imidazole rings is 1. The van der Waals surface area contributed by atoms with Crippen LogP contribution in [-0.4, -0.2) is 56.9 Å². The summed E-state index contributed by atoms with van der Waals surface area (Å²) in [5.74, 6) is 2.62. The second-order valence-electron chi connectivity index (χ2n) is 6.34. The van der Waals surface area contributed by atoms with E-state index in [2.05, 4.69) is 30.0 Å². The molecule has 0 bridgehead atoms. The van der Waals surface area contributed by atoms with Crippen molar-refractivity contribution >= 4 is 0 Å². The number of aromatic amines is 1. The average molecular weight is 370 g/mol. The molecule has 4 heterocycles. The van der Waals surface area contributed by atoms with E-state index in [1.807, 2.05) is 12.3 Å². The van der Waals surface area contributed by atoms with Crippen LogP contribution in [0.3, 0.4) is 0 Å². The van der Waals surface area contributed by atoms with E-state index < -0.39 is 0 Å². The van der Waals surface area contributed by atoms with E-state index in [9.17, 15) is 0 Å². The van der Waals surface area contributed by atoms with E-state index in [0.29, 0.717) is 30.8 Å². The van der Waals surface area contributed by atoms with Crippen LogP contribution in [0.15, 0.2) is 35.2 Å². The van der Waals surface area contributed by atoms with Crippen molar-refractivity contribution in [1.29, 1.82) is 0 Å². The average Bonchev–Trinajstić information content (AvgIpc) is 3.44. The number of nitrogens with one attached hydrogen (secondary N) is 1. The van der Waals surface area contributed by atoms with E-state index in [1.54, 1.807) is 25.6 Å². The minimum atomic E-state index is 0.107. The summed E-state index contributed by atoms with van der Waals surface area (Å²) in [6, 6.07) is 3.75. The Kier molecular flexibility index (Phi) is 5.40. The summed E-state index contributed by atoms with van der Waals surface area (Å²) in [6.45, 7) is 2.66. The smallest absolute Gasteiger partial charge is 0.244 e. The van der Waals surface area contributed by atoms with Crippen molar-refractivity contribution in [2.24, 2.45) is 0 Å². The van der Waals surface area contributed by atoms with E-state index in [4.69, 9.17) is 14.0 Å². The summed E-state index contributed by atoms with van der Waals surface area (Å²) in [7, 11) is 1.63. The van der Waals surface area contributed by atoms with Gasteiger partial charge in [-0.05, 0) is 25.5 Å². The van der Waals surface area contributed by atoms with Gasteiger partial charge < -0.3 is 19.0 Å². The molecule has 1 aliphatic heterocycles. The highest BCUT2D eigenvalue weighted by atomic mass is 16.5. The number of methoxy groups -OCH3 is 1. The lowest BCUT2D eigenvalue weighted by molar-refractivity contribution is 0.144. The number of rotatable bonds is 8. The molecule has 4 rings (SSSR count). The molecule has 1 unspecified atom stereocenters. The second-order valence-corrected chi connectivity index (χ2v) is 6.34. The molecule has 1 fully saturated rings. The molecule has 1 saturated heterocycles. The molecule has 9 heteroatoms. The van der Waals surface area contributed by atoms with Crippen LogP contribution in [0.1, 0.15) is 30.6 Å². The highest BCUT2D eigenvalue weighted by Crippen LogP contribution is 2.33. The Morgan fingerprint density at radius 1 is 1.30 bits per heavy atom. The lowest BCUT2D eigenvalue weighted by Gasteiger charge is -2.19. The molecule has 1 N–H and O–H groups in total. The maximum Gasteiger partial charge on any atom is 0.244 e. The summed E-state index contributed by atoms with van der Waals surface area (Å²) >= 11 is 0. The quantitative estimate of drug-likeness (QED) is 0.602. The van der Waals surface area contributed by atoms with Crippen molar-refractivity contribution in [2.45, 2.75) is 25.4 Å². The summed E-state index contributed by atoms with van der Waals surface area (Å²) < 4.78 is 16.1. The van der Waals surface area contributed by atoms with Crippen molar-refractivity contribution < 1.29 is 14.0 Å². The van der Waals surface area contributed by atoms with Crippen molar-refractivity contribution in [2.75, 3.05) is 26.9 Å². The molecule has 1 atom stereocenters. The van der Waals surface area contributed by atoms with Gasteiger partial charge in [-0.3, -0.25) is 4.90 Å². The molecule has 0 amide bonds. The zero-order valence-corrected chi connectivity index (χ0v) is 15.2. The van der Waals surface area contributed by atoms with Crippen molar-refractivity contribution in [1.82, 2.24) is 30.0 Å². The first-order valence-corrected chi connectivity index (χ1v) is 8.97. The van der Waals surface area contributed by atoms with E-state index in [-0.39, 0.29) is 6.04 Å². The van der Waals surface area contributed by atoms with Crippen LogP contribution in [0.4, 0.5) is 0 Å². The fraction of sp³-hybridized carbons (Fsp3) is 0.444. The van der Waals surface area contributed by atoms with E-state index in [1.165, 1.54) is 0 Å². The van der Waals surface area contributed by atoms with Crippen LogP contribution in [0, 0.1) is 0 Å². The molecule has 0 aromatic carbocycles. The van der Waals surface area contributed by atoms with Gasteiger partial charge in [-0.25, -0.2) is 9.97 Å². The van der Waals surface area contributed by atoms with E-state index >= 15 is 0 Å². The van der Waals surface area contributed by atoms with Gasteiger partial charge in [-0.1, -0.05) is 5.16 Å². The Morgan fingerprint density at radius 3 is 3.11 bits per heavy atom. The van der Waals surface area contributed by atoms with Gasteiger partial charge in [0.05, 0.1) is 19.2 Å². The SMILES string of the molecule is COCCOc1cc(-c2noc(C3CCCN3Cc3ncc[nH]3)n2)ccn1. The number of hydrogen-bond acceptors (Lipinski definition) is 8. The molecule has 0 spiro atoms. The lowest BCUT2D eigenvalue weighted by atomic mass is 10.2. The Hall–Kier alpha value is -2.78. The van der Waals surface area contributed by atoms with Gasteiger partial charge in [0.15, 0.2) is 0 Å². The maximum atomic E-state index is 5.58. The molecule has 1 aliphatic rings. The maximum absolute atomic E-state index is 5.58. The van der Waals surface area contributed by atoms with Gasteiger partial charge in [0, 0.05) is 37.3 Å². The topological polar surface area (TPSA) is 102 Å². The van der Waals surface area contributed by atoms with E-state index in [0.717, 1.165) is 37.3 Å². The van der Waals surface area contributed by atoms with Crippen LogP contribution in [0.25, 0.3) is 11.4 Å². The zero-order valence-electron chi connectivity index (χ0n) is 15.2. The van der Waals surface area contributed by atoms with Crippen molar-refractivity contribution in [3.63, 3.8) is 0 Å². The number of H-pyrrole nitrogens is 1. The fourth-order valence-electron chi connectivity index (χ4n) is 3.22. The first kappa shape index (κ1) is 17.6. The molecule has 142 valence electrons. The summed E-state index contributed by atoms with van der Waals surface area (Å²) in [4.78, 5) is 18.6. The molecule has 0 saturated carbocycles. The normalized spacial score (nSPS) is 17.4. The lowest BCUT2D eigenvalue weighted by Crippen LogP contribution is -2.23. The van der Waals surface area contributed by atoms with Gasteiger partial charge in [0.1, 0.15) is 12.4 Å². The highest BCUT2D eigenvalue weighted by molar-refractivity contribution is 5.55. The molecule has 3 aromatic heterocycles. The van der Waals surface area contributed by atoms with Crippen LogP contribution in [0.2, 0.25) is 0 Å². The number of hydrogen-bond donors (Lipinski definition) is 1. The number of aromatic nitrogens is 5.